The summed E-state index contributed by atoms with van der Waals surface area (Å²) in [6, 6.07) is 12.8. The molecular formula is C26H28F2N6O2. The van der Waals surface area contributed by atoms with E-state index in [4.69, 9.17) is 9.72 Å². The molecule has 0 radical (unpaired) electrons. The van der Waals surface area contributed by atoms with Crippen LogP contribution in [0, 0.1) is 11.6 Å². The number of fused-ring (bicyclic) bond motifs is 1. The second-order valence-electron chi connectivity index (χ2n) is 9.04. The minimum atomic E-state index is -1.00. The van der Waals surface area contributed by atoms with E-state index < -0.39 is 11.6 Å². The Morgan fingerprint density at radius 3 is 2.53 bits per heavy atom. The molecule has 2 amide bonds. The largest absolute Gasteiger partial charge is 0.438 e. The Balaban J connectivity index is 1.39. The van der Waals surface area contributed by atoms with Crippen molar-refractivity contribution in [3.8, 4) is 11.6 Å². The number of likely N-dealkylation sites (N-methyl/N-ethyl adjacent to an activating group) is 1. The summed E-state index contributed by atoms with van der Waals surface area (Å²) in [5, 5.41) is 2.95. The van der Waals surface area contributed by atoms with Crippen molar-refractivity contribution in [3.05, 3.63) is 77.0 Å². The Morgan fingerprint density at radius 2 is 1.78 bits per heavy atom. The number of hydrogen-bond donors (Lipinski definition) is 1. The first kappa shape index (κ1) is 23.9. The molecule has 1 N–H and O–H groups in total. The van der Waals surface area contributed by atoms with E-state index in [2.05, 4.69) is 27.1 Å². The van der Waals surface area contributed by atoms with Crippen LogP contribution >= 0.6 is 0 Å². The Labute approximate surface area is 208 Å². The van der Waals surface area contributed by atoms with Gasteiger partial charge in [-0.2, -0.15) is 4.98 Å². The molecule has 0 bridgehead atoms. The summed E-state index contributed by atoms with van der Waals surface area (Å²) in [5.41, 5.74) is 2.47. The van der Waals surface area contributed by atoms with Gasteiger partial charge in [0.1, 0.15) is 5.75 Å². The highest BCUT2D eigenvalue weighted by Crippen LogP contribution is 2.32. The number of piperazine rings is 1. The van der Waals surface area contributed by atoms with Gasteiger partial charge in [0, 0.05) is 51.8 Å². The highest BCUT2D eigenvalue weighted by Gasteiger charge is 2.28. The first-order valence-electron chi connectivity index (χ1n) is 12.0. The van der Waals surface area contributed by atoms with Gasteiger partial charge in [0.15, 0.2) is 11.6 Å². The zero-order chi connectivity index (χ0) is 25.1. The van der Waals surface area contributed by atoms with Gasteiger partial charge >= 0.3 is 6.03 Å². The fraction of sp³-hybridized carbons (Fsp3) is 0.346. The lowest BCUT2D eigenvalue weighted by Gasteiger charge is -2.34. The molecule has 36 heavy (non-hydrogen) atoms. The van der Waals surface area contributed by atoms with Crippen molar-refractivity contribution in [3.63, 3.8) is 0 Å². The second-order valence-corrected chi connectivity index (χ2v) is 9.04. The number of urea groups is 1. The van der Waals surface area contributed by atoms with Gasteiger partial charge in [0.2, 0.25) is 11.8 Å². The van der Waals surface area contributed by atoms with Crippen LogP contribution in [0.3, 0.4) is 0 Å². The number of anilines is 1. The van der Waals surface area contributed by atoms with Crippen molar-refractivity contribution in [2.75, 3.05) is 44.7 Å². The van der Waals surface area contributed by atoms with E-state index in [9.17, 15) is 13.6 Å². The van der Waals surface area contributed by atoms with E-state index in [0.717, 1.165) is 49.6 Å². The normalized spacial score (nSPS) is 16.0. The molecule has 3 heterocycles. The minimum absolute atomic E-state index is 0.129. The number of nitrogens with zero attached hydrogens (tertiary/aromatic N) is 5. The molecule has 0 unspecified atom stereocenters. The summed E-state index contributed by atoms with van der Waals surface area (Å²) in [6.45, 7) is 4.47. The number of carbonyl (C=O) groups is 1. The number of ether oxygens (including phenoxy) is 1. The van der Waals surface area contributed by atoms with Gasteiger partial charge in [-0.15, -0.1) is 0 Å². The van der Waals surface area contributed by atoms with Crippen LogP contribution in [0.2, 0.25) is 0 Å². The first-order chi connectivity index (χ1) is 17.5. The molecule has 1 aromatic heterocycles. The average Bonchev–Trinajstić information content (AvgIpc) is 2.90. The number of amides is 2. The van der Waals surface area contributed by atoms with Crippen LogP contribution in [0.5, 0.6) is 11.6 Å². The zero-order valence-corrected chi connectivity index (χ0v) is 20.1. The van der Waals surface area contributed by atoms with Crippen LogP contribution in [0.1, 0.15) is 16.8 Å². The molecular weight excluding hydrogens is 466 g/mol. The van der Waals surface area contributed by atoms with Crippen molar-refractivity contribution in [1.82, 2.24) is 25.1 Å². The van der Waals surface area contributed by atoms with Crippen LogP contribution in [-0.4, -0.2) is 65.6 Å². The third kappa shape index (κ3) is 5.38. The predicted octanol–water partition coefficient (Wildman–Crippen LogP) is 3.57. The smallest absolute Gasteiger partial charge is 0.317 e. The molecule has 0 spiro atoms. The molecule has 8 nitrogen and oxygen atoms in total. The quantitative estimate of drug-likeness (QED) is 0.585. The fourth-order valence-electron chi connectivity index (χ4n) is 4.31. The van der Waals surface area contributed by atoms with Gasteiger partial charge in [-0.3, -0.25) is 0 Å². The summed E-state index contributed by atoms with van der Waals surface area (Å²) in [5.74, 6) is -1.03. The molecule has 188 valence electrons. The molecule has 0 aliphatic carbocycles. The van der Waals surface area contributed by atoms with E-state index in [1.807, 2.05) is 30.3 Å². The standard InChI is InChI=1S/C26H28F2N6O2/c1-32-11-13-33(14-12-32)25-30-23-9-10-34(26(35)29-16-18-5-3-2-4-6-18)17-20(23)24(31-25)36-19-7-8-21(27)22(28)15-19/h2-8,15H,9-14,16-17H2,1H3,(H,29,35). The van der Waals surface area contributed by atoms with Crippen LogP contribution < -0.4 is 15.0 Å². The Hall–Kier alpha value is -3.79. The van der Waals surface area contributed by atoms with Crippen molar-refractivity contribution in [2.45, 2.75) is 19.5 Å². The lowest BCUT2D eigenvalue weighted by Crippen LogP contribution is -2.46. The predicted molar refractivity (Wildman–Crippen MR) is 131 cm³/mol. The summed E-state index contributed by atoms with van der Waals surface area (Å²) >= 11 is 0. The van der Waals surface area contributed by atoms with Crippen LogP contribution in [0.15, 0.2) is 48.5 Å². The maximum atomic E-state index is 13.9. The second kappa shape index (κ2) is 10.4. The van der Waals surface area contributed by atoms with Gasteiger partial charge in [-0.1, -0.05) is 30.3 Å². The van der Waals surface area contributed by atoms with Crippen LogP contribution in [-0.2, 0) is 19.5 Å². The Bertz CT molecular complexity index is 1230. The van der Waals surface area contributed by atoms with Crippen molar-refractivity contribution in [2.24, 2.45) is 0 Å². The number of aromatic nitrogens is 2. The first-order valence-corrected chi connectivity index (χ1v) is 12.0. The summed E-state index contributed by atoms with van der Waals surface area (Å²) in [6.07, 6.45) is 0.533. The van der Waals surface area contributed by atoms with Crippen molar-refractivity contribution >= 4 is 12.0 Å². The number of carbonyl (C=O) groups excluding carboxylic acids is 1. The van der Waals surface area contributed by atoms with E-state index in [-0.39, 0.29) is 24.2 Å². The topological polar surface area (TPSA) is 73.8 Å². The fourth-order valence-corrected chi connectivity index (χ4v) is 4.31. The molecule has 2 aromatic carbocycles. The maximum Gasteiger partial charge on any atom is 0.317 e. The minimum Gasteiger partial charge on any atom is -0.438 e. The molecule has 2 aliphatic heterocycles. The van der Waals surface area contributed by atoms with Gasteiger partial charge in [-0.05, 0) is 24.7 Å². The lowest BCUT2D eigenvalue weighted by atomic mass is 10.1. The third-order valence-electron chi connectivity index (χ3n) is 6.48. The number of hydrogen-bond acceptors (Lipinski definition) is 6. The molecule has 0 saturated carbocycles. The van der Waals surface area contributed by atoms with Gasteiger partial charge in [0.25, 0.3) is 0 Å². The van der Waals surface area contributed by atoms with Crippen molar-refractivity contribution < 1.29 is 18.3 Å². The monoisotopic (exact) mass is 494 g/mol. The van der Waals surface area contributed by atoms with E-state index in [1.54, 1.807) is 4.90 Å². The van der Waals surface area contributed by atoms with Crippen LogP contribution in [0.25, 0.3) is 0 Å². The van der Waals surface area contributed by atoms with Gasteiger partial charge < -0.3 is 24.8 Å². The highest BCUT2D eigenvalue weighted by molar-refractivity contribution is 5.74. The molecule has 1 fully saturated rings. The summed E-state index contributed by atoms with van der Waals surface area (Å²) in [4.78, 5) is 28.4. The zero-order valence-electron chi connectivity index (χ0n) is 20.1. The Morgan fingerprint density at radius 1 is 1.00 bits per heavy atom. The molecule has 1 saturated heterocycles. The highest BCUT2D eigenvalue weighted by atomic mass is 19.2. The van der Waals surface area contributed by atoms with Gasteiger partial charge in [-0.25, -0.2) is 18.6 Å². The maximum absolute atomic E-state index is 13.9. The van der Waals surface area contributed by atoms with Crippen molar-refractivity contribution in [1.29, 1.82) is 0 Å². The summed E-state index contributed by atoms with van der Waals surface area (Å²) in [7, 11) is 2.07. The van der Waals surface area contributed by atoms with E-state index in [1.165, 1.54) is 6.07 Å². The van der Waals surface area contributed by atoms with Crippen LogP contribution in [0.4, 0.5) is 19.5 Å². The molecule has 3 aromatic rings. The molecule has 10 heteroatoms. The number of benzene rings is 2. The third-order valence-corrected chi connectivity index (χ3v) is 6.48. The lowest BCUT2D eigenvalue weighted by molar-refractivity contribution is 0.190. The average molecular weight is 495 g/mol. The number of rotatable bonds is 5. The summed E-state index contributed by atoms with van der Waals surface area (Å²) < 4.78 is 33.3. The van der Waals surface area contributed by atoms with E-state index in [0.29, 0.717) is 31.0 Å². The SMILES string of the molecule is CN1CCN(c2nc3c(c(Oc4ccc(F)c(F)c4)n2)CN(C(=O)NCc2ccccc2)CC3)CC1. The molecule has 0 atom stereocenters. The van der Waals surface area contributed by atoms with Gasteiger partial charge in [0.05, 0.1) is 17.8 Å². The molecule has 2 aliphatic rings. The number of halogens is 2. The number of nitrogens with one attached hydrogen (secondary N) is 1. The van der Waals surface area contributed by atoms with E-state index >= 15 is 0 Å². The molecule has 5 rings (SSSR count). The Kier molecular flexibility index (Phi) is 6.95.